The maximum absolute atomic E-state index is 11.8. The Morgan fingerprint density at radius 3 is 2.77 bits per heavy atom. The summed E-state index contributed by atoms with van der Waals surface area (Å²) in [5, 5.41) is 12.1. The summed E-state index contributed by atoms with van der Waals surface area (Å²) in [6.07, 6.45) is 2.36. The third-order valence-corrected chi connectivity index (χ3v) is 5.31. The summed E-state index contributed by atoms with van der Waals surface area (Å²) in [5.74, 6) is 0.241. The molecule has 0 unspecified atom stereocenters. The molecule has 0 bridgehead atoms. The van der Waals surface area contributed by atoms with Crippen molar-refractivity contribution in [1.29, 1.82) is 0 Å². The van der Waals surface area contributed by atoms with Crippen molar-refractivity contribution in [3.05, 3.63) is 41.5 Å². The summed E-state index contributed by atoms with van der Waals surface area (Å²) < 4.78 is 5.30. The first-order chi connectivity index (χ1) is 10.5. The number of hydrogen-bond donors (Lipinski definition) is 1. The van der Waals surface area contributed by atoms with Crippen LogP contribution in [-0.4, -0.2) is 18.2 Å². The number of aliphatic carboxylic acids is 1. The van der Waals surface area contributed by atoms with Crippen LogP contribution < -0.4 is 4.74 Å². The molecule has 0 spiro atoms. The Bertz CT molecular complexity index is 735. The van der Waals surface area contributed by atoms with Crippen LogP contribution in [0.2, 0.25) is 0 Å². The molecule has 0 fully saturated rings. The predicted octanol–water partition coefficient (Wildman–Crippen LogP) is 4.38. The number of hydrogen-bond acceptors (Lipinski definition) is 2. The Hall–Kier alpha value is -2.03. The average Bonchev–Trinajstić information content (AvgIpc) is 2.53. The molecule has 0 aliphatic heterocycles. The van der Waals surface area contributed by atoms with E-state index in [2.05, 4.69) is 25.1 Å². The van der Waals surface area contributed by atoms with Gasteiger partial charge in [-0.1, -0.05) is 25.1 Å². The van der Waals surface area contributed by atoms with E-state index in [0.29, 0.717) is 6.42 Å². The van der Waals surface area contributed by atoms with Gasteiger partial charge in [-0.15, -0.1) is 0 Å². The molecule has 3 heteroatoms. The van der Waals surface area contributed by atoms with Crippen LogP contribution in [-0.2, 0) is 11.2 Å². The van der Waals surface area contributed by atoms with Crippen molar-refractivity contribution in [2.45, 2.75) is 39.0 Å². The highest BCUT2D eigenvalue weighted by Gasteiger charge is 2.44. The normalized spacial score (nSPS) is 24.0. The van der Waals surface area contributed by atoms with Crippen LogP contribution in [0.15, 0.2) is 30.3 Å². The molecule has 1 aliphatic rings. The molecule has 22 heavy (non-hydrogen) atoms. The summed E-state index contributed by atoms with van der Waals surface area (Å²) in [4.78, 5) is 11.8. The van der Waals surface area contributed by atoms with Gasteiger partial charge in [-0.3, -0.25) is 4.79 Å². The van der Waals surface area contributed by atoms with E-state index in [4.69, 9.17) is 4.74 Å². The van der Waals surface area contributed by atoms with Crippen LogP contribution >= 0.6 is 0 Å². The third-order valence-electron chi connectivity index (χ3n) is 5.31. The maximum atomic E-state index is 11.8. The highest BCUT2D eigenvalue weighted by atomic mass is 16.5. The monoisotopic (exact) mass is 298 g/mol. The molecule has 1 N–H and O–H groups in total. The molecular weight excluding hydrogens is 276 g/mol. The molecule has 0 amide bonds. The predicted molar refractivity (Wildman–Crippen MR) is 87.6 cm³/mol. The van der Waals surface area contributed by atoms with Gasteiger partial charge in [0.1, 0.15) is 5.75 Å². The zero-order valence-electron chi connectivity index (χ0n) is 13.3. The van der Waals surface area contributed by atoms with E-state index < -0.39 is 11.4 Å². The van der Waals surface area contributed by atoms with Gasteiger partial charge < -0.3 is 9.84 Å². The Kier molecular flexibility index (Phi) is 3.59. The highest BCUT2D eigenvalue weighted by molar-refractivity contribution is 5.89. The van der Waals surface area contributed by atoms with Crippen molar-refractivity contribution in [1.82, 2.24) is 0 Å². The van der Waals surface area contributed by atoms with Gasteiger partial charge in [-0.05, 0) is 66.1 Å². The van der Waals surface area contributed by atoms with Crippen molar-refractivity contribution < 1.29 is 14.6 Å². The SMILES string of the molecule is CC[C@H]1c2ccc3cc(OC)ccc3c2CC[C@@]1(C)C(=O)O. The number of benzene rings is 2. The lowest BCUT2D eigenvalue weighted by molar-refractivity contribution is -0.150. The molecule has 0 saturated heterocycles. The number of carboxylic acid groups (broad SMARTS) is 1. The van der Waals surface area contributed by atoms with Crippen LogP contribution in [0.5, 0.6) is 5.75 Å². The quantitative estimate of drug-likeness (QED) is 0.914. The molecule has 3 rings (SSSR count). The van der Waals surface area contributed by atoms with Gasteiger partial charge in [0.15, 0.2) is 0 Å². The van der Waals surface area contributed by atoms with E-state index in [-0.39, 0.29) is 5.92 Å². The molecule has 3 nitrogen and oxygen atoms in total. The van der Waals surface area contributed by atoms with Crippen LogP contribution in [0.1, 0.15) is 43.7 Å². The minimum absolute atomic E-state index is 0.0697. The molecule has 2 aromatic carbocycles. The van der Waals surface area contributed by atoms with Crippen molar-refractivity contribution in [2.24, 2.45) is 5.41 Å². The Morgan fingerprint density at radius 1 is 1.36 bits per heavy atom. The second-order valence-corrected chi connectivity index (χ2v) is 6.40. The lowest BCUT2D eigenvalue weighted by atomic mass is 9.63. The van der Waals surface area contributed by atoms with E-state index >= 15 is 0 Å². The van der Waals surface area contributed by atoms with Crippen molar-refractivity contribution in [3.63, 3.8) is 0 Å². The van der Waals surface area contributed by atoms with E-state index in [1.54, 1.807) is 7.11 Å². The molecule has 0 radical (unpaired) electrons. The van der Waals surface area contributed by atoms with Crippen LogP contribution in [0.3, 0.4) is 0 Å². The topological polar surface area (TPSA) is 46.5 Å². The van der Waals surface area contributed by atoms with Crippen molar-refractivity contribution in [3.8, 4) is 5.75 Å². The average molecular weight is 298 g/mol. The van der Waals surface area contributed by atoms with Gasteiger partial charge >= 0.3 is 5.97 Å². The Balaban J connectivity index is 2.19. The first-order valence-electron chi connectivity index (χ1n) is 7.84. The summed E-state index contributed by atoms with van der Waals surface area (Å²) in [5.41, 5.74) is 1.85. The molecule has 0 saturated carbocycles. The zero-order valence-corrected chi connectivity index (χ0v) is 13.3. The fraction of sp³-hybridized carbons (Fsp3) is 0.421. The van der Waals surface area contributed by atoms with Gasteiger partial charge in [-0.2, -0.15) is 0 Å². The number of fused-ring (bicyclic) bond motifs is 3. The summed E-state index contributed by atoms with van der Waals surface area (Å²) >= 11 is 0. The van der Waals surface area contributed by atoms with E-state index in [1.165, 1.54) is 16.5 Å². The molecule has 2 aromatic rings. The highest BCUT2D eigenvalue weighted by Crippen LogP contribution is 2.49. The summed E-state index contributed by atoms with van der Waals surface area (Å²) in [6.45, 7) is 3.98. The van der Waals surface area contributed by atoms with Crippen LogP contribution in [0, 0.1) is 5.41 Å². The molecule has 1 aliphatic carbocycles. The summed E-state index contributed by atoms with van der Waals surface area (Å²) in [7, 11) is 1.67. The van der Waals surface area contributed by atoms with E-state index in [1.807, 2.05) is 19.1 Å². The number of carbonyl (C=O) groups is 1. The molecular formula is C19H22O3. The number of ether oxygens (including phenoxy) is 1. The second-order valence-electron chi connectivity index (χ2n) is 6.40. The van der Waals surface area contributed by atoms with Gasteiger partial charge in [0, 0.05) is 0 Å². The number of rotatable bonds is 3. The first-order valence-corrected chi connectivity index (χ1v) is 7.84. The zero-order chi connectivity index (χ0) is 15.9. The van der Waals surface area contributed by atoms with Gasteiger partial charge in [0.2, 0.25) is 0 Å². The lowest BCUT2D eigenvalue weighted by Gasteiger charge is -2.39. The first kappa shape index (κ1) is 14.9. The number of methoxy groups -OCH3 is 1. The molecule has 0 aromatic heterocycles. The van der Waals surface area contributed by atoms with E-state index in [0.717, 1.165) is 24.0 Å². The molecule has 116 valence electrons. The second kappa shape index (κ2) is 5.31. The number of aryl methyl sites for hydroxylation is 1. The molecule has 0 heterocycles. The van der Waals surface area contributed by atoms with Crippen molar-refractivity contribution in [2.75, 3.05) is 7.11 Å². The van der Waals surface area contributed by atoms with E-state index in [9.17, 15) is 9.90 Å². The minimum Gasteiger partial charge on any atom is -0.497 e. The fourth-order valence-corrected chi connectivity index (χ4v) is 3.95. The van der Waals surface area contributed by atoms with Gasteiger partial charge in [0.25, 0.3) is 0 Å². The third kappa shape index (κ3) is 2.07. The largest absolute Gasteiger partial charge is 0.497 e. The smallest absolute Gasteiger partial charge is 0.309 e. The lowest BCUT2D eigenvalue weighted by Crippen LogP contribution is -2.38. The Morgan fingerprint density at radius 2 is 2.14 bits per heavy atom. The molecule has 2 atom stereocenters. The van der Waals surface area contributed by atoms with Crippen LogP contribution in [0.4, 0.5) is 0 Å². The maximum Gasteiger partial charge on any atom is 0.309 e. The van der Waals surface area contributed by atoms with Crippen molar-refractivity contribution >= 4 is 16.7 Å². The Labute approximate surface area is 130 Å². The van der Waals surface area contributed by atoms with Crippen LogP contribution in [0.25, 0.3) is 10.8 Å². The fourth-order valence-electron chi connectivity index (χ4n) is 3.95. The van der Waals surface area contributed by atoms with Gasteiger partial charge in [-0.25, -0.2) is 0 Å². The number of carboxylic acids is 1. The summed E-state index contributed by atoms with van der Waals surface area (Å²) in [6, 6.07) is 10.3. The minimum atomic E-state index is -0.681. The standard InChI is InChI=1S/C19H22O3/c1-4-17-16-7-5-12-11-13(22-3)6-8-14(12)15(16)9-10-19(17,2)18(20)21/h5-8,11,17H,4,9-10H2,1-3H3,(H,20,21)/t17-,19+/m0/s1. The van der Waals surface area contributed by atoms with Gasteiger partial charge in [0.05, 0.1) is 12.5 Å².